The molecule has 2 aromatic rings. The summed E-state index contributed by atoms with van der Waals surface area (Å²) in [6, 6.07) is 13.2. The Hall–Kier alpha value is -3.16. The minimum absolute atomic E-state index is 0.0239. The molecule has 0 aromatic heterocycles. The number of rotatable bonds is 5. The average Bonchev–Trinajstić information content (AvgIpc) is 2.65. The molecule has 0 fully saturated rings. The first-order valence-corrected chi connectivity index (χ1v) is 7.81. The molecule has 0 radical (unpaired) electrons. The number of carbonyl (C=O) groups excluding carboxylic acids is 1. The van der Waals surface area contributed by atoms with Gasteiger partial charge in [0.15, 0.2) is 11.5 Å². The zero-order valence-electron chi connectivity index (χ0n) is 13.8. The summed E-state index contributed by atoms with van der Waals surface area (Å²) in [6.07, 6.45) is -0.867. The molecule has 1 amide bonds. The predicted octanol–water partition coefficient (Wildman–Crippen LogP) is 2.97. The molecule has 1 aliphatic rings. The minimum Gasteiger partial charge on any atom is -0.485 e. The van der Waals surface area contributed by atoms with Gasteiger partial charge in [-0.25, -0.2) is 5.43 Å². The van der Waals surface area contributed by atoms with Crippen molar-refractivity contribution < 1.29 is 27.8 Å². The second kappa shape index (κ2) is 7.81. The van der Waals surface area contributed by atoms with Crippen LogP contribution in [-0.2, 0) is 4.79 Å². The number of fused-ring (bicyclic) bond motifs is 1. The molecular formula is C18H16F2N2O4. The van der Waals surface area contributed by atoms with Crippen LogP contribution in [0.2, 0.25) is 0 Å². The molecule has 1 aliphatic heterocycles. The van der Waals surface area contributed by atoms with Gasteiger partial charge >= 0.3 is 6.61 Å². The van der Waals surface area contributed by atoms with Gasteiger partial charge < -0.3 is 14.2 Å². The van der Waals surface area contributed by atoms with Gasteiger partial charge in [-0.15, -0.1) is 0 Å². The lowest BCUT2D eigenvalue weighted by molar-refractivity contribution is -0.130. The fourth-order valence-corrected chi connectivity index (χ4v) is 2.38. The van der Waals surface area contributed by atoms with E-state index in [1.165, 1.54) is 6.07 Å². The van der Waals surface area contributed by atoms with Crippen molar-refractivity contribution in [1.82, 2.24) is 5.43 Å². The summed E-state index contributed by atoms with van der Waals surface area (Å²) < 4.78 is 40.5. The monoisotopic (exact) mass is 362 g/mol. The zero-order valence-corrected chi connectivity index (χ0v) is 13.8. The number of carbonyl (C=O) groups is 1. The van der Waals surface area contributed by atoms with Gasteiger partial charge in [-0.1, -0.05) is 24.3 Å². The largest absolute Gasteiger partial charge is 0.485 e. The highest BCUT2D eigenvalue weighted by Crippen LogP contribution is 2.30. The van der Waals surface area contributed by atoms with E-state index in [1.807, 2.05) is 0 Å². The Balaban J connectivity index is 1.67. The quantitative estimate of drug-likeness (QED) is 0.656. The number of hydrazone groups is 1. The van der Waals surface area contributed by atoms with Crippen molar-refractivity contribution in [2.45, 2.75) is 19.6 Å². The third-order valence-electron chi connectivity index (χ3n) is 3.63. The van der Waals surface area contributed by atoms with Crippen LogP contribution in [0.25, 0.3) is 0 Å². The number of nitrogens with zero attached hydrogens (tertiary/aromatic N) is 1. The Morgan fingerprint density at radius 3 is 2.65 bits per heavy atom. The molecular weight excluding hydrogens is 346 g/mol. The van der Waals surface area contributed by atoms with E-state index < -0.39 is 18.6 Å². The predicted molar refractivity (Wildman–Crippen MR) is 89.8 cm³/mol. The Kier molecular flexibility index (Phi) is 5.31. The Labute approximate surface area is 148 Å². The second-order valence-corrected chi connectivity index (χ2v) is 5.41. The van der Waals surface area contributed by atoms with E-state index in [-0.39, 0.29) is 12.4 Å². The van der Waals surface area contributed by atoms with Crippen molar-refractivity contribution in [2.24, 2.45) is 5.10 Å². The van der Waals surface area contributed by atoms with Crippen LogP contribution in [0.15, 0.2) is 53.6 Å². The molecule has 8 heteroatoms. The number of benzene rings is 2. The highest BCUT2D eigenvalue weighted by molar-refractivity contribution is 6.01. The highest BCUT2D eigenvalue weighted by Gasteiger charge is 2.27. The molecule has 1 N–H and O–H groups in total. The maximum absolute atomic E-state index is 12.5. The van der Waals surface area contributed by atoms with E-state index in [0.717, 1.165) is 0 Å². The van der Waals surface area contributed by atoms with Gasteiger partial charge in [-0.05, 0) is 31.2 Å². The molecule has 26 heavy (non-hydrogen) atoms. The van der Waals surface area contributed by atoms with Crippen LogP contribution in [0.3, 0.4) is 0 Å². The highest BCUT2D eigenvalue weighted by atomic mass is 19.3. The van der Waals surface area contributed by atoms with E-state index in [0.29, 0.717) is 22.8 Å². The fourth-order valence-electron chi connectivity index (χ4n) is 2.38. The van der Waals surface area contributed by atoms with Crippen molar-refractivity contribution in [1.29, 1.82) is 0 Å². The molecule has 136 valence electrons. The maximum atomic E-state index is 12.5. The first kappa shape index (κ1) is 17.7. The van der Waals surface area contributed by atoms with E-state index in [2.05, 4.69) is 15.3 Å². The Bertz CT molecular complexity index is 826. The van der Waals surface area contributed by atoms with E-state index in [4.69, 9.17) is 9.47 Å². The Morgan fingerprint density at radius 2 is 1.88 bits per heavy atom. The number of alkyl halides is 2. The van der Waals surface area contributed by atoms with Gasteiger partial charge in [0.1, 0.15) is 12.4 Å². The SMILES string of the molecule is C/C(=N\NC(=O)C1COc2ccccc2O1)c1ccccc1OC(F)F. The van der Waals surface area contributed by atoms with Crippen molar-refractivity contribution in [3.8, 4) is 17.2 Å². The van der Waals surface area contributed by atoms with E-state index >= 15 is 0 Å². The lowest BCUT2D eigenvalue weighted by Crippen LogP contribution is -2.42. The third-order valence-corrected chi connectivity index (χ3v) is 3.63. The molecule has 1 heterocycles. The van der Waals surface area contributed by atoms with Gasteiger partial charge in [-0.2, -0.15) is 13.9 Å². The molecule has 0 aliphatic carbocycles. The lowest BCUT2D eigenvalue weighted by atomic mass is 10.1. The van der Waals surface area contributed by atoms with Crippen LogP contribution >= 0.6 is 0 Å². The number of hydrogen-bond acceptors (Lipinski definition) is 5. The van der Waals surface area contributed by atoms with Crippen molar-refractivity contribution in [3.05, 3.63) is 54.1 Å². The summed E-state index contributed by atoms with van der Waals surface area (Å²) in [7, 11) is 0. The average molecular weight is 362 g/mol. The molecule has 1 unspecified atom stereocenters. The van der Waals surface area contributed by atoms with Crippen LogP contribution in [0.4, 0.5) is 8.78 Å². The molecule has 1 atom stereocenters. The van der Waals surface area contributed by atoms with Gasteiger partial charge in [0, 0.05) is 5.56 Å². The number of halogens is 2. The zero-order chi connectivity index (χ0) is 18.5. The summed E-state index contributed by atoms with van der Waals surface area (Å²) in [6.45, 7) is -1.34. The summed E-state index contributed by atoms with van der Waals surface area (Å²) in [4.78, 5) is 12.2. The number of para-hydroxylation sites is 3. The van der Waals surface area contributed by atoms with E-state index in [1.54, 1.807) is 49.4 Å². The Morgan fingerprint density at radius 1 is 1.19 bits per heavy atom. The van der Waals surface area contributed by atoms with Crippen LogP contribution in [0.1, 0.15) is 12.5 Å². The standard InChI is InChI=1S/C18H16F2N2O4/c1-11(12-6-2-3-7-13(12)26-18(19)20)21-22-17(23)16-10-24-14-8-4-5-9-15(14)25-16/h2-9,16,18H,10H2,1H3,(H,22,23)/b21-11+. The summed E-state index contributed by atoms with van der Waals surface area (Å²) in [5.74, 6) is 0.500. The van der Waals surface area contributed by atoms with E-state index in [9.17, 15) is 13.6 Å². The molecule has 0 spiro atoms. The number of ether oxygens (including phenoxy) is 3. The number of hydrogen-bond donors (Lipinski definition) is 1. The maximum Gasteiger partial charge on any atom is 0.387 e. The van der Waals surface area contributed by atoms with Crippen molar-refractivity contribution >= 4 is 11.6 Å². The van der Waals surface area contributed by atoms with Crippen molar-refractivity contribution in [2.75, 3.05) is 6.61 Å². The normalized spacial score (nSPS) is 16.3. The molecule has 3 rings (SSSR count). The summed E-state index contributed by atoms with van der Waals surface area (Å²) in [5.41, 5.74) is 3.02. The fraction of sp³-hybridized carbons (Fsp3) is 0.222. The number of amides is 1. The van der Waals surface area contributed by atoms with Gasteiger partial charge in [0.05, 0.1) is 5.71 Å². The molecule has 2 aromatic carbocycles. The number of nitrogens with one attached hydrogen (secondary N) is 1. The molecule has 0 saturated heterocycles. The van der Waals surface area contributed by atoms with Gasteiger partial charge in [0.25, 0.3) is 5.91 Å². The van der Waals surface area contributed by atoms with Crippen molar-refractivity contribution in [3.63, 3.8) is 0 Å². The molecule has 0 bridgehead atoms. The van der Waals surface area contributed by atoms with Crippen LogP contribution in [0.5, 0.6) is 17.2 Å². The first-order valence-electron chi connectivity index (χ1n) is 7.81. The smallest absolute Gasteiger partial charge is 0.387 e. The molecule has 6 nitrogen and oxygen atoms in total. The minimum atomic E-state index is -2.95. The molecule has 0 saturated carbocycles. The summed E-state index contributed by atoms with van der Waals surface area (Å²) in [5, 5.41) is 3.95. The van der Waals surface area contributed by atoms with Crippen LogP contribution in [0, 0.1) is 0 Å². The second-order valence-electron chi connectivity index (χ2n) is 5.41. The van der Waals surface area contributed by atoms with Gasteiger partial charge in [0.2, 0.25) is 6.10 Å². The first-order chi connectivity index (χ1) is 12.5. The third kappa shape index (κ3) is 4.08. The van der Waals surface area contributed by atoms with Crippen LogP contribution < -0.4 is 19.6 Å². The lowest BCUT2D eigenvalue weighted by Gasteiger charge is -2.24. The van der Waals surface area contributed by atoms with Crippen LogP contribution in [-0.4, -0.2) is 30.9 Å². The topological polar surface area (TPSA) is 69.2 Å². The summed E-state index contributed by atoms with van der Waals surface area (Å²) >= 11 is 0. The van der Waals surface area contributed by atoms with Gasteiger partial charge in [-0.3, -0.25) is 4.79 Å².